The molecule has 0 aromatic heterocycles. The summed E-state index contributed by atoms with van der Waals surface area (Å²) in [6.07, 6.45) is 0. The van der Waals surface area contributed by atoms with Gasteiger partial charge in [-0.1, -0.05) is 0 Å². The Bertz CT molecular complexity index is 418. The molecule has 0 aromatic carbocycles. The van der Waals surface area contributed by atoms with E-state index in [-0.39, 0.29) is 23.5 Å². The fraction of sp³-hybridized carbons (Fsp3) is 0.857. The molecule has 0 aliphatic carbocycles. The number of rotatable bonds is 1. The molecule has 2 aliphatic rings. The van der Waals surface area contributed by atoms with Gasteiger partial charge < -0.3 is 20.2 Å². The second kappa shape index (κ2) is 7.11. The number of carbonyl (C=O) groups excluding carboxylic acids is 2. The summed E-state index contributed by atoms with van der Waals surface area (Å²) in [4.78, 5) is 30.2. The molecule has 0 bridgehead atoms. The van der Waals surface area contributed by atoms with Crippen LogP contribution in [0.5, 0.6) is 0 Å². The van der Waals surface area contributed by atoms with Crippen molar-refractivity contribution in [3.8, 4) is 0 Å². The highest BCUT2D eigenvalue weighted by Crippen LogP contribution is 2.16. The molecule has 0 saturated carbocycles. The van der Waals surface area contributed by atoms with Crippen LogP contribution >= 0.6 is 9.39 Å². The standard InChI is InChI=1S/C14H28N5O2P/c1-14(2,3)19-5-4-15-11(10-19)12(20)17-6-8-18(9-7-17)13(21)16-22/h11,15H,4-10,22H2,1-3H3,(H,16,21). The molecule has 2 atom stereocenters. The molecular formula is C14H28N5O2P. The summed E-state index contributed by atoms with van der Waals surface area (Å²) in [6.45, 7) is 11.5. The molecule has 2 aliphatic heterocycles. The molecule has 7 nitrogen and oxygen atoms in total. The minimum Gasteiger partial charge on any atom is -0.338 e. The van der Waals surface area contributed by atoms with E-state index in [2.05, 4.69) is 45.5 Å². The first-order valence-electron chi connectivity index (χ1n) is 7.85. The molecule has 2 fully saturated rings. The van der Waals surface area contributed by atoms with Crippen molar-refractivity contribution in [2.24, 2.45) is 0 Å². The van der Waals surface area contributed by atoms with E-state index in [0.717, 1.165) is 19.6 Å². The van der Waals surface area contributed by atoms with Crippen LogP contribution in [-0.4, -0.2) is 84.0 Å². The SMILES string of the molecule is CC(C)(C)N1CCNC(C(=O)N2CCN(C(=O)NP)CC2)C1. The molecule has 0 spiro atoms. The van der Waals surface area contributed by atoms with Gasteiger partial charge >= 0.3 is 6.03 Å². The van der Waals surface area contributed by atoms with E-state index in [9.17, 15) is 9.59 Å². The van der Waals surface area contributed by atoms with Crippen molar-refractivity contribution in [1.29, 1.82) is 0 Å². The molecular weight excluding hydrogens is 301 g/mol. The number of hydrogen-bond acceptors (Lipinski definition) is 4. The fourth-order valence-electron chi connectivity index (χ4n) is 2.97. The van der Waals surface area contributed by atoms with Gasteiger partial charge in [0.15, 0.2) is 0 Å². The molecule has 8 heteroatoms. The van der Waals surface area contributed by atoms with Gasteiger partial charge in [-0.25, -0.2) is 4.79 Å². The van der Waals surface area contributed by atoms with E-state index in [4.69, 9.17) is 0 Å². The van der Waals surface area contributed by atoms with Gasteiger partial charge in [0, 0.05) is 51.4 Å². The van der Waals surface area contributed by atoms with Crippen LogP contribution in [0.1, 0.15) is 20.8 Å². The molecule has 126 valence electrons. The fourth-order valence-corrected chi connectivity index (χ4v) is 3.15. The van der Waals surface area contributed by atoms with Crippen molar-refractivity contribution in [1.82, 2.24) is 25.1 Å². The quantitative estimate of drug-likeness (QED) is 0.649. The summed E-state index contributed by atoms with van der Waals surface area (Å²) in [7, 11) is 2.22. The number of hydrogen-bond donors (Lipinski definition) is 2. The number of amides is 3. The summed E-state index contributed by atoms with van der Waals surface area (Å²) in [5.41, 5.74) is 0.0796. The number of carbonyl (C=O) groups is 2. The molecule has 22 heavy (non-hydrogen) atoms. The van der Waals surface area contributed by atoms with E-state index in [1.807, 2.05) is 4.90 Å². The monoisotopic (exact) mass is 329 g/mol. The average molecular weight is 329 g/mol. The topological polar surface area (TPSA) is 67.9 Å². The van der Waals surface area contributed by atoms with Gasteiger partial charge in [0.25, 0.3) is 0 Å². The van der Waals surface area contributed by atoms with E-state index in [0.29, 0.717) is 26.2 Å². The highest BCUT2D eigenvalue weighted by molar-refractivity contribution is 7.15. The van der Waals surface area contributed by atoms with Crippen molar-refractivity contribution in [3.63, 3.8) is 0 Å². The zero-order valence-corrected chi connectivity index (χ0v) is 14.9. The van der Waals surface area contributed by atoms with Crippen LogP contribution in [0.15, 0.2) is 0 Å². The van der Waals surface area contributed by atoms with Gasteiger partial charge in [-0.05, 0) is 30.2 Å². The molecule has 2 N–H and O–H groups in total. The van der Waals surface area contributed by atoms with E-state index < -0.39 is 0 Å². The predicted octanol–water partition coefficient (Wildman–Crippen LogP) is -0.297. The van der Waals surface area contributed by atoms with Crippen LogP contribution < -0.4 is 10.4 Å². The zero-order valence-electron chi connectivity index (χ0n) is 13.8. The number of urea groups is 1. The molecule has 0 radical (unpaired) electrons. The third-order valence-electron chi connectivity index (χ3n) is 4.42. The molecule has 2 unspecified atom stereocenters. The summed E-state index contributed by atoms with van der Waals surface area (Å²) >= 11 is 0. The summed E-state index contributed by atoms with van der Waals surface area (Å²) in [5.74, 6) is 0.153. The third-order valence-corrected chi connectivity index (χ3v) is 4.67. The van der Waals surface area contributed by atoms with Crippen LogP contribution in [-0.2, 0) is 4.79 Å². The predicted molar refractivity (Wildman–Crippen MR) is 89.5 cm³/mol. The summed E-state index contributed by atoms with van der Waals surface area (Å²) in [6, 6.07) is -0.248. The van der Waals surface area contributed by atoms with Crippen LogP contribution in [0, 0.1) is 0 Å². The molecule has 2 heterocycles. The van der Waals surface area contributed by atoms with Gasteiger partial charge in [-0.15, -0.1) is 0 Å². The van der Waals surface area contributed by atoms with Gasteiger partial charge in [0.05, 0.1) is 6.04 Å². The first-order valence-corrected chi connectivity index (χ1v) is 8.43. The Labute approximate surface area is 135 Å². The van der Waals surface area contributed by atoms with Crippen molar-refractivity contribution >= 4 is 21.3 Å². The largest absolute Gasteiger partial charge is 0.338 e. The van der Waals surface area contributed by atoms with Crippen LogP contribution in [0.2, 0.25) is 0 Å². The summed E-state index contributed by atoms with van der Waals surface area (Å²) < 4.78 is 0. The number of nitrogens with one attached hydrogen (secondary N) is 2. The van der Waals surface area contributed by atoms with Gasteiger partial charge in [0.1, 0.15) is 0 Å². The van der Waals surface area contributed by atoms with Crippen LogP contribution in [0.3, 0.4) is 0 Å². The van der Waals surface area contributed by atoms with Crippen molar-refractivity contribution in [2.75, 3.05) is 45.8 Å². The van der Waals surface area contributed by atoms with E-state index >= 15 is 0 Å². The maximum absolute atomic E-state index is 12.7. The minimum atomic E-state index is -0.143. The van der Waals surface area contributed by atoms with Crippen molar-refractivity contribution in [2.45, 2.75) is 32.4 Å². The van der Waals surface area contributed by atoms with Crippen molar-refractivity contribution < 1.29 is 9.59 Å². The van der Waals surface area contributed by atoms with E-state index in [1.54, 1.807) is 4.90 Å². The second-order valence-corrected chi connectivity index (χ2v) is 7.17. The number of nitrogens with zero attached hydrogens (tertiary/aromatic N) is 3. The zero-order chi connectivity index (χ0) is 16.3. The lowest BCUT2D eigenvalue weighted by Crippen LogP contribution is -2.63. The molecule has 3 amide bonds. The minimum absolute atomic E-state index is 0.0796. The van der Waals surface area contributed by atoms with Crippen molar-refractivity contribution in [3.05, 3.63) is 0 Å². The van der Waals surface area contributed by atoms with Crippen LogP contribution in [0.4, 0.5) is 4.79 Å². The van der Waals surface area contributed by atoms with E-state index in [1.165, 1.54) is 0 Å². The lowest BCUT2D eigenvalue weighted by atomic mass is 10.0. The molecule has 2 rings (SSSR count). The average Bonchev–Trinajstić information content (AvgIpc) is 2.53. The van der Waals surface area contributed by atoms with Gasteiger partial charge in [0.2, 0.25) is 5.91 Å². The first-order chi connectivity index (χ1) is 10.3. The Kier molecular flexibility index (Phi) is 5.64. The van der Waals surface area contributed by atoms with Crippen LogP contribution in [0.25, 0.3) is 0 Å². The first kappa shape index (κ1) is 17.4. The second-order valence-electron chi connectivity index (χ2n) is 6.89. The van der Waals surface area contributed by atoms with Gasteiger partial charge in [-0.2, -0.15) is 0 Å². The molecule has 0 aromatic rings. The Balaban J connectivity index is 1.88. The maximum Gasteiger partial charge on any atom is 0.320 e. The lowest BCUT2D eigenvalue weighted by molar-refractivity contribution is -0.136. The lowest BCUT2D eigenvalue weighted by Gasteiger charge is -2.43. The Morgan fingerprint density at radius 2 is 1.68 bits per heavy atom. The highest BCUT2D eigenvalue weighted by Gasteiger charge is 2.34. The maximum atomic E-state index is 12.7. The third kappa shape index (κ3) is 4.09. The van der Waals surface area contributed by atoms with Gasteiger partial charge in [-0.3, -0.25) is 9.69 Å². The Morgan fingerprint density at radius 1 is 1.09 bits per heavy atom. The summed E-state index contributed by atoms with van der Waals surface area (Å²) in [5, 5.41) is 5.88. The highest BCUT2D eigenvalue weighted by atomic mass is 31.0. The smallest absolute Gasteiger partial charge is 0.320 e. The Morgan fingerprint density at radius 3 is 2.23 bits per heavy atom. The number of piperazine rings is 2. The Hall–Kier alpha value is -0.910. The normalized spacial score (nSPS) is 24.3. The molecule has 2 saturated heterocycles.